The number of para-hydroxylation sites is 1. The van der Waals surface area contributed by atoms with Gasteiger partial charge in [0.15, 0.2) is 0 Å². The van der Waals surface area contributed by atoms with E-state index in [9.17, 15) is 19.2 Å². The van der Waals surface area contributed by atoms with Crippen molar-refractivity contribution in [3.63, 3.8) is 0 Å². The molecule has 5 atom stereocenters. The standard InChI is InChI=1S/C26H31ClN4O5/c1-26(2)15-12-31(24(34)17-10-13-6-4-8-16(27)20(13)29-17)21(19(15)26)23(33)30-18(25(35)36-3)11-14-7-5-9-28-22(14)32/h4,6,8,10,14-15,18-19,21,29H,5,7,9,11-12H2,1-3H3,(H,28,32)(H,30,33)/t14-,15-,18-,19-,21-/m0/s1. The predicted molar refractivity (Wildman–Crippen MR) is 133 cm³/mol. The quantitative estimate of drug-likeness (QED) is 0.511. The van der Waals surface area contributed by atoms with Gasteiger partial charge in [-0.25, -0.2) is 4.79 Å². The van der Waals surface area contributed by atoms with Crippen LogP contribution in [0.5, 0.6) is 0 Å². The Morgan fingerprint density at radius 2 is 2.08 bits per heavy atom. The van der Waals surface area contributed by atoms with Crippen LogP contribution in [0.3, 0.4) is 0 Å². The number of carbonyl (C=O) groups excluding carboxylic acids is 4. The Labute approximate surface area is 214 Å². The SMILES string of the molecule is COC(=O)[C@H](C[C@@H]1CCCNC1=O)NC(=O)[C@@H]1[C@@H]2[C@H](CN1C(=O)c1cc3cccc(Cl)c3[nH]1)C2(C)C. The van der Waals surface area contributed by atoms with Crippen molar-refractivity contribution in [1.82, 2.24) is 20.5 Å². The monoisotopic (exact) mass is 514 g/mol. The maximum absolute atomic E-state index is 13.7. The molecule has 3 amide bonds. The Balaban J connectivity index is 1.38. The van der Waals surface area contributed by atoms with Crippen molar-refractivity contribution in [2.75, 3.05) is 20.2 Å². The first kappa shape index (κ1) is 24.6. The lowest BCUT2D eigenvalue weighted by atomic mass is 9.91. The van der Waals surface area contributed by atoms with Gasteiger partial charge in [0, 0.05) is 24.4 Å². The molecule has 5 rings (SSSR count). The number of fused-ring (bicyclic) bond motifs is 2. The van der Waals surface area contributed by atoms with Gasteiger partial charge in [-0.05, 0) is 48.6 Å². The summed E-state index contributed by atoms with van der Waals surface area (Å²) in [6.07, 6.45) is 1.61. The number of aromatic amines is 1. The van der Waals surface area contributed by atoms with Crippen molar-refractivity contribution in [1.29, 1.82) is 0 Å². The summed E-state index contributed by atoms with van der Waals surface area (Å²) in [5.41, 5.74) is 0.940. The number of aromatic nitrogens is 1. The first-order valence-corrected chi connectivity index (χ1v) is 12.8. The van der Waals surface area contributed by atoms with E-state index in [1.54, 1.807) is 17.0 Å². The third-order valence-electron chi connectivity index (χ3n) is 8.30. The molecule has 3 fully saturated rings. The fourth-order valence-electron chi connectivity index (χ4n) is 6.14. The zero-order valence-corrected chi connectivity index (χ0v) is 21.4. The van der Waals surface area contributed by atoms with E-state index in [0.717, 1.165) is 11.8 Å². The van der Waals surface area contributed by atoms with Crippen molar-refractivity contribution in [2.24, 2.45) is 23.2 Å². The number of methoxy groups -OCH3 is 1. The second kappa shape index (κ2) is 9.10. The molecule has 1 aromatic heterocycles. The van der Waals surface area contributed by atoms with Crippen molar-refractivity contribution in [3.05, 3.63) is 35.0 Å². The molecular weight excluding hydrogens is 484 g/mol. The number of ether oxygens (including phenoxy) is 1. The van der Waals surface area contributed by atoms with Gasteiger partial charge in [0.05, 0.1) is 17.6 Å². The fraction of sp³-hybridized carbons (Fsp3) is 0.538. The van der Waals surface area contributed by atoms with Gasteiger partial charge < -0.3 is 25.3 Å². The van der Waals surface area contributed by atoms with E-state index in [2.05, 4.69) is 29.5 Å². The van der Waals surface area contributed by atoms with Gasteiger partial charge in [-0.2, -0.15) is 0 Å². The summed E-state index contributed by atoms with van der Waals surface area (Å²) in [7, 11) is 1.26. The van der Waals surface area contributed by atoms with Crippen LogP contribution in [0.25, 0.3) is 10.9 Å². The number of nitrogens with zero attached hydrogens (tertiary/aromatic N) is 1. The predicted octanol–water partition coefficient (Wildman–Crippen LogP) is 2.49. The number of likely N-dealkylation sites (tertiary alicyclic amines) is 1. The van der Waals surface area contributed by atoms with Gasteiger partial charge in [-0.1, -0.05) is 37.6 Å². The summed E-state index contributed by atoms with van der Waals surface area (Å²) in [4.78, 5) is 56.8. The molecule has 2 aliphatic heterocycles. The molecule has 3 aliphatic rings. The highest BCUT2D eigenvalue weighted by atomic mass is 35.5. The van der Waals surface area contributed by atoms with Crippen molar-refractivity contribution in [2.45, 2.75) is 45.2 Å². The van der Waals surface area contributed by atoms with Crippen LogP contribution >= 0.6 is 11.6 Å². The lowest BCUT2D eigenvalue weighted by molar-refractivity contribution is -0.146. The minimum absolute atomic E-state index is 0.0225. The number of benzene rings is 1. The highest BCUT2D eigenvalue weighted by Crippen LogP contribution is 2.65. The summed E-state index contributed by atoms with van der Waals surface area (Å²) in [6.45, 7) is 5.25. The molecule has 3 N–H and O–H groups in total. The number of nitrogens with one attached hydrogen (secondary N) is 3. The average molecular weight is 515 g/mol. The molecule has 0 unspecified atom stereocenters. The zero-order valence-electron chi connectivity index (χ0n) is 20.6. The highest BCUT2D eigenvalue weighted by Gasteiger charge is 2.69. The van der Waals surface area contributed by atoms with E-state index in [4.69, 9.17) is 16.3 Å². The van der Waals surface area contributed by atoms with Gasteiger partial charge >= 0.3 is 5.97 Å². The number of hydrogen-bond donors (Lipinski definition) is 3. The number of carbonyl (C=O) groups is 4. The molecule has 10 heteroatoms. The van der Waals surface area contributed by atoms with Crippen LogP contribution < -0.4 is 10.6 Å². The highest BCUT2D eigenvalue weighted by molar-refractivity contribution is 6.35. The number of piperidine rings is 2. The summed E-state index contributed by atoms with van der Waals surface area (Å²) in [5.74, 6) is -1.63. The van der Waals surface area contributed by atoms with Crippen molar-refractivity contribution >= 4 is 46.2 Å². The van der Waals surface area contributed by atoms with Gasteiger partial charge in [-0.15, -0.1) is 0 Å². The summed E-state index contributed by atoms with van der Waals surface area (Å²) in [5, 5.41) is 6.96. The summed E-state index contributed by atoms with van der Waals surface area (Å²) < 4.78 is 4.94. The minimum atomic E-state index is -0.971. The largest absolute Gasteiger partial charge is 0.467 e. The average Bonchev–Trinajstić information content (AvgIpc) is 3.25. The van der Waals surface area contributed by atoms with Gasteiger partial charge in [0.2, 0.25) is 11.8 Å². The Morgan fingerprint density at radius 1 is 1.31 bits per heavy atom. The summed E-state index contributed by atoms with van der Waals surface area (Å²) in [6, 6.07) is 5.47. The lowest BCUT2D eigenvalue weighted by Crippen LogP contribution is -2.54. The number of halogens is 1. The third-order valence-corrected chi connectivity index (χ3v) is 8.61. The topological polar surface area (TPSA) is 121 Å². The fourth-order valence-corrected chi connectivity index (χ4v) is 6.37. The Hall–Kier alpha value is -3.07. The van der Waals surface area contributed by atoms with Crippen LogP contribution in [0.1, 0.15) is 43.6 Å². The van der Waals surface area contributed by atoms with Crippen LogP contribution in [0.4, 0.5) is 0 Å². The van der Waals surface area contributed by atoms with Crippen LogP contribution in [0.2, 0.25) is 5.02 Å². The first-order valence-electron chi connectivity index (χ1n) is 12.4. The molecule has 192 valence electrons. The molecule has 0 radical (unpaired) electrons. The maximum Gasteiger partial charge on any atom is 0.328 e. The second-order valence-electron chi connectivity index (χ2n) is 10.7. The zero-order chi connectivity index (χ0) is 25.8. The first-order chi connectivity index (χ1) is 17.1. The molecule has 1 saturated carbocycles. The molecule has 1 aliphatic carbocycles. The molecule has 0 bridgehead atoms. The van der Waals surface area contributed by atoms with Gasteiger partial charge in [0.25, 0.3) is 5.91 Å². The third kappa shape index (κ3) is 4.13. The molecule has 9 nitrogen and oxygen atoms in total. The van der Waals surface area contributed by atoms with E-state index in [1.807, 2.05) is 12.1 Å². The molecule has 0 spiro atoms. The Bertz CT molecular complexity index is 1240. The van der Waals surface area contributed by atoms with Gasteiger partial charge in [-0.3, -0.25) is 14.4 Å². The second-order valence-corrected chi connectivity index (χ2v) is 11.1. The summed E-state index contributed by atoms with van der Waals surface area (Å²) >= 11 is 6.28. The van der Waals surface area contributed by atoms with E-state index in [0.29, 0.717) is 35.7 Å². The van der Waals surface area contributed by atoms with Crippen LogP contribution in [-0.2, 0) is 19.1 Å². The number of esters is 1. The van der Waals surface area contributed by atoms with E-state index in [-0.39, 0.29) is 41.4 Å². The molecular formula is C26H31ClN4O5. The van der Waals surface area contributed by atoms with E-state index >= 15 is 0 Å². The smallest absolute Gasteiger partial charge is 0.328 e. The van der Waals surface area contributed by atoms with Crippen molar-refractivity contribution in [3.8, 4) is 0 Å². The van der Waals surface area contributed by atoms with Crippen LogP contribution in [0.15, 0.2) is 24.3 Å². The molecule has 2 saturated heterocycles. The van der Waals surface area contributed by atoms with Crippen LogP contribution in [0, 0.1) is 23.2 Å². The normalized spacial score (nSPS) is 27.2. The molecule has 1 aromatic carbocycles. The van der Waals surface area contributed by atoms with E-state index in [1.165, 1.54) is 7.11 Å². The number of hydrogen-bond acceptors (Lipinski definition) is 5. The van der Waals surface area contributed by atoms with Crippen LogP contribution in [-0.4, -0.2) is 65.9 Å². The Morgan fingerprint density at radius 3 is 2.78 bits per heavy atom. The van der Waals surface area contributed by atoms with Crippen molar-refractivity contribution < 1.29 is 23.9 Å². The number of rotatable bonds is 6. The molecule has 3 heterocycles. The molecule has 2 aromatic rings. The number of H-pyrrole nitrogens is 1. The van der Waals surface area contributed by atoms with E-state index < -0.39 is 24.0 Å². The molecule has 36 heavy (non-hydrogen) atoms. The lowest BCUT2D eigenvalue weighted by Gasteiger charge is -2.31. The Kier molecular flexibility index (Phi) is 6.22. The minimum Gasteiger partial charge on any atom is -0.467 e. The maximum atomic E-state index is 13.7. The number of amides is 3. The van der Waals surface area contributed by atoms with Gasteiger partial charge in [0.1, 0.15) is 17.8 Å².